The molecule has 0 spiro atoms. The van der Waals surface area contributed by atoms with Crippen LogP contribution in [-0.2, 0) is 14.3 Å². The van der Waals surface area contributed by atoms with Crippen LogP contribution in [0, 0.1) is 5.82 Å². The maximum atomic E-state index is 13.5. The Morgan fingerprint density at radius 3 is 2.91 bits per heavy atom. The summed E-state index contributed by atoms with van der Waals surface area (Å²) >= 11 is 4.75. The third-order valence-electron chi connectivity index (χ3n) is 4.98. The fourth-order valence-electron chi connectivity index (χ4n) is 3.31. The van der Waals surface area contributed by atoms with Crippen molar-refractivity contribution in [2.75, 3.05) is 50.2 Å². The molecule has 0 unspecified atom stereocenters. The second-order valence-electron chi connectivity index (χ2n) is 7.33. The Balaban J connectivity index is 1.32. The van der Waals surface area contributed by atoms with Gasteiger partial charge in [-0.05, 0) is 28.1 Å². The van der Waals surface area contributed by atoms with Gasteiger partial charge in [-0.15, -0.1) is 0 Å². The number of aromatic nitrogens is 3. The van der Waals surface area contributed by atoms with Crippen molar-refractivity contribution >= 4 is 54.7 Å². The number of piperidine rings is 1. The van der Waals surface area contributed by atoms with Crippen LogP contribution in [0.1, 0.15) is 12.8 Å². The SMILES string of the molecule is COCCOC(=O)CNc1nc2cnc(N3CCC(Oc4cc(F)ccc4Br)CC3)nc2s1. The van der Waals surface area contributed by atoms with E-state index in [4.69, 9.17) is 14.2 Å². The number of halogens is 2. The summed E-state index contributed by atoms with van der Waals surface area (Å²) in [5, 5.41) is 3.54. The highest BCUT2D eigenvalue weighted by Gasteiger charge is 2.23. The lowest BCUT2D eigenvalue weighted by Crippen LogP contribution is -2.39. The number of anilines is 2. The van der Waals surface area contributed by atoms with Crippen molar-refractivity contribution in [3.63, 3.8) is 0 Å². The second kappa shape index (κ2) is 11.0. The molecule has 0 aliphatic carbocycles. The van der Waals surface area contributed by atoms with Crippen molar-refractivity contribution < 1.29 is 23.4 Å². The molecule has 0 bridgehead atoms. The van der Waals surface area contributed by atoms with Crippen molar-refractivity contribution in [3.05, 3.63) is 34.7 Å². The van der Waals surface area contributed by atoms with Crippen LogP contribution in [0.5, 0.6) is 5.75 Å². The first-order chi connectivity index (χ1) is 16.0. The lowest BCUT2D eigenvalue weighted by molar-refractivity contribution is -0.142. The number of methoxy groups -OCH3 is 1. The lowest BCUT2D eigenvalue weighted by atomic mass is 10.1. The van der Waals surface area contributed by atoms with Crippen molar-refractivity contribution in [2.45, 2.75) is 18.9 Å². The van der Waals surface area contributed by atoms with E-state index in [2.05, 4.69) is 41.1 Å². The number of carbonyl (C=O) groups is 1. The Kier molecular flexibility index (Phi) is 7.89. The predicted octanol–water partition coefficient (Wildman–Crippen LogP) is 3.64. The predicted molar refractivity (Wildman–Crippen MR) is 126 cm³/mol. The van der Waals surface area contributed by atoms with Crippen molar-refractivity contribution in [3.8, 4) is 5.75 Å². The van der Waals surface area contributed by atoms with Gasteiger partial charge in [-0.25, -0.2) is 14.4 Å². The molecule has 3 heterocycles. The molecule has 1 saturated heterocycles. The van der Waals surface area contributed by atoms with Gasteiger partial charge < -0.3 is 24.4 Å². The smallest absolute Gasteiger partial charge is 0.325 e. The van der Waals surface area contributed by atoms with Gasteiger partial charge in [-0.3, -0.25) is 4.79 Å². The first kappa shape index (κ1) is 23.6. The molecule has 1 aliphatic rings. The van der Waals surface area contributed by atoms with E-state index in [1.165, 1.54) is 23.5 Å². The second-order valence-corrected chi connectivity index (χ2v) is 9.16. The van der Waals surface area contributed by atoms with Gasteiger partial charge in [0.2, 0.25) is 5.95 Å². The number of rotatable bonds is 9. The standard InChI is InChI=1S/C21H23BrFN5O4S/c1-30-8-9-31-18(29)12-25-21-26-16-11-24-20(27-19(16)33-21)28-6-4-14(5-7-28)32-17-10-13(23)2-3-15(17)22/h2-3,10-11,14H,4-9,12H2,1H3,(H,25,26). The highest BCUT2D eigenvalue weighted by Crippen LogP contribution is 2.30. The lowest BCUT2D eigenvalue weighted by Gasteiger charge is -2.32. The summed E-state index contributed by atoms with van der Waals surface area (Å²) in [5.74, 6) is 0.433. The van der Waals surface area contributed by atoms with Crippen molar-refractivity contribution in [2.24, 2.45) is 0 Å². The molecule has 176 valence electrons. The van der Waals surface area contributed by atoms with Gasteiger partial charge in [0.05, 0.1) is 17.3 Å². The number of hydrogen-bond acceptors (Lipinski definition) is 10. The van der Waals surface area contributed by atoms with Crippen LogP contribution in [0.15, 0.2) is 28.9 Å². The summed E-state index contributed by atoms with van der Waals surface area (Å²) in [5.41, 5.74) is 0.660. The number of fused-ring (bicyclic) bond motifs is 1. The zero-order chi connectivity index (χ0) is 23.2. The Hall–Kier alpha value is -2.57. The molecule has 4 rings (SSSR count). The third-order valence-corrected chi connectivity index (χ3v) is 6.56. The van der Waals surface area contributed by atoms with Crippen LogP contribution in [0.25, 0.3) is 10.3 Å². The largest absolute Gasteiger partial charge is 0.489 e. The number of thiazole rings is 1. The van der Waals surface area contributed by atoms with Gasteiger partial charge in [0.15, 0.2) is 9.96 Å². The molecule has 2 aromatic heterocycles. The number of ether oxygens (including phenoxy) is 3. The van der Waals surface area contributed by atoms with Crippen LogP contribution < -0.4 is 15.0 Å². The number of hydrogen-bond donors (Lipinski definition) is 1. The fourth-order valence-corrected chi connectivity index (χ4v) is 4.45. The summed E-state index contributed by atoms with van der Waals surface area (Å²) in [4.78, 5) is 28.1. The summed E-state index contributed by atoms with van der Waals surface area (Å²) in [7, 11) is 1.55. The van der Waals surface area contributed by atoms with E-state index in [0.29, 0.717) is 29.0 Å². The summed E-state index contributed by atoms with van der Waals surface area (Å²) in [6.07, 6.45) is 3.21. The van der Waals surface area contributed by atoms with Gasteiger partial charge in [0.25, 0.3) is 0 Å². The molecule has 1 N–H and O–H groups in total. The maximum Gasteiger partial charge on any atom is 0.325 e. The van der Waals surface area contributed by atoms with E-state index in [-0.39, 0.29) is 31.0 Å². The van der Waals surface area contributed by atoms with E-state index in [9.17, 15) is 9.18 Å². The van der Waals surface area contributed by atoms with E-state index in [0.717, 1.165) is 35.2 Å². The molecular weight excluding hydrogens is 517 g/mol. The molecule has 0 amide bonds. The molecule has 3 aromatic rings. The van der Waals surface area contributed by atoms with Gasteiger partial charge >= 0.3 is 5.97 Å². The van der Waals surface area contributed by atoms with E-state index < -0.39 is 0 Å². The quantitative estimate of drug-likeness (QED) is 0.322. The summed E-state index contributed by atoms with van der Waals surface area (Å²) in [6, 6.07) is 4.43. The van der Waals surface area contributed by atoms with E-state index >= 15 is 0 Å². The first-order valence-corrected chi connectivity index (χ1v) is 12.0. The van der Waals surface area contributed by atoms with Gasteiger partial charge in [-0.1, -0.05) is 11.3 Å². The molecular formula is C21H23BrFN5O4S. The Morgan fingerprint density at radius 2 is 2.12 bits per heavy atom. The van der Waals surface area contributed by atoms with Crippen LogP contribution in [0.4, 0.5) is 15.5 Å². The number of benzene rings is 1. The fraction of sp³-hybridized carbons (Fsp3) is 0.429. The molecule has 1 aromatic carbocycles. The van der Waals surface area contributed by atoms with Crippen molar-refractivity contribution in [1.82, 2.24) is 15.0 Å². The Labute approximate surface area is 202 Å². The molecule has 12 heteroatoms. The monoisotopic (exact) mass is 539 g/mol. The van der Waals surface area contributed by atoms with Gasteiger partial charge in [0, 0.05) is 39.1 Å². The first-order valence-electron chi connectivity index (χ1n) is 10.4. The minimum Gasteiger partial charge on any atom is -0.489 e. The van der Waals surface area contributed by atoms with E-state index in [1.807, 2.05) is 0 Å². The molecule has 0 saturated carbocycles. The minimum absolute atomic E-state index is 0.00840. The zero-order valence-corrected chi connectivity index (χ0v) is 20.3. The Bertz CT molecular complexity index is 1110. The molecule has 1 aliphatic heterocycles. The van der Waals surface area contributed by atoms with Crippen LogP contribution in [-0.4, -0.2) is 67.0 Å². The highest BCUT2D eigenvalue weighted by atomic mass is 79.9. The zero-order valence-electron chi connectivity index (χ0n) is 17.9. The van der Waals surface area contributed by atoms with E-state index in [1.54, 1.807) is 19.4 Å². The Morgan fingerprint density at radius 1 is 1.30 bits per heavy atom. The highest BCUT2D eigenvalue weighted by molar-refractivity contribution is 9.10. The third kappa shape index (κ3) is 6.27. The average Bonchev–Trinajstić information content (AvgIpc) is 3.23. The molecule has 1 fully saturated rings. The minimum atomic E-state index is -0.381. The van der Waals surface area contributed by atoms with Crippen molar-refractivity contribution in [1.29, 1.82) is 0 Å². The molecule has 33 heavy (non-hydrogen) atoms. The average molecular weight is 540 g/mol. The van der Waals surface area contributed by atoms with Crippen LogP contribution in [0.2, 0.25) is 0 Å². The molecule has 9 nitrogen and oxygen atoms in total. The number of esters is 1. The van der Waals surface area contributed by atoms with Gasteiger partial charge in [-0.2, -0.15) is 4.98 Å². The topological polar surface area (TPSA) is 98.7 Å². The molecule has 0 atom stereocenters. The number of nitrogens with one attached hydrogen (secondary N) is 1. The molecule has 0 radical (unpaired) electrons. The van der Waals surface area contributed by atoms with Gasteiger partial charge in [0.1, 0.15) is 36.3 Å². The number of carbonyl (C=O) groups excluding carboxylic acids is 1. The normalized spacial score (nSPS) is 14.5. The number of nitrogens with zero attached hydrogens (tertiary/aromatic N) is 4. The van der Waals surface area contributed by atoms with Crippen LogP contribution in [0.3, 0.4) is 0 Å². The van der Waals surface area contributed by atoms with Crippen LogP contribution >= 0.6 is 27.3 Å². The summed E-state index contributed by atoms with van der Waals surface area (Å²) in [6.45, 7) is 2.03. The summed E-state index contributed by atoms with van der Waals surface area (Å²) < 4.78 is 30.1. The maximum absolute atomic E-state index is 13.5.